The molecule has 8 nitrogen and oxygen atoms in total. The number of rotatable bonds is 4. The number of nitrogens with one attached hydrogen (secondary N) is 2. The standard InChI is InChI=1S/C26H27N5O3/c1-15-8-20(10-28-24(15)31-12-16(2)29-17(3)13-31)27-11-23-22-9-18(19-6-7-34-14-19)4-5-21(22)25(32)30-26(23)33/h4-11,14,16-17,29H,12-13H2,1-3H3,(H2,30,32,33)/t16-,17+. The molecule has 3 N–H and O–H groups in total. The first-order valence-electron chi connectivity index (χ1n) is 11.3. The number of piperazine rings is 1. The second-order valence-electron chi connectivity index (χ2n) is 8.95. The first kappa shape index (κ1) is 21.9. The van der Waals surface area contributed by atoms with Crippen LogP contribution in [0.4, 0.5) is 11.5 Å². The molecule has 34 heavy (non-hydrogen) atoms. The van der Waals surface area contributed by atoms with Gasteiger partial charge in [-0.2, -0.15) is 0 Å². The lowest BCUT2D eigenvalue weighted by Crippen LogP contribution is -2.54. The number of nitrogens with zero attached hydrogens (tertiary/aromatic N) is 3. The van der Waals surface area contributed by atoms with Crippen molar-refractivity contribution < 1.29 is 9.52 Å². The average molecular weight is 458 g/mol. The smallest absolute Gasteiger partial charge is 0.258 e. The van der Waals surface area contributed by atoms with Crippen LogP contribution < -0.4 is 15.8 Å². The molecule has 5 rings (SSSR count). The van der Waals surface area contributed by atoms with Gasteiger partial charge in [0.05, 0.1) is 30.0 Å². The van der Waals surface area contributed by atoms with Crippen molar-refractivity contribution in [3.8, 4) is 17.0 Å². The molecular formula is C26H27N5O3. The molecule has 1 aliphatic heterocycles. The fraction of sp³-hybridized carbons (Fsp3) is 0.269. The summed E-state index contributed by atoms with van der Waals surface area (Å²) < 4.78 is 5.18. The van der Waals surface area contributed by atoms with Gasteiger partial charge in [0, 0.05) is 47.7 Å². The Morgan fingerprint density at radius 3 is 2.65 bits per heavy atom. The van der Waals surface area contributed by atoms with Crippen molar-refractivity contribution in [3.63, 3.8) is 0 Å². The van der Waals surface area contributed by atoms with Crippen LogP contribution in [0.3, 0.4) is 0 Å². The van der Waals surface area contributed by atoms with Crippen LogP contribution in [0, 0.1) is 6.92 Å². The highest BCUT2D eigenvalue weighted by molar-refractivity contribution is 6.03. The van der Waals surface area contributed by atoms with E-state index in [9.17, 15) is 9.90 Å². The zero-order chi connectivity index (χ0) is 23.8. The van der Waals surface area contributed by atoms with E-state index in [1.54, 1.807) is 31.0 Å². The lowest BCUT2D eigenvalue weighted by Gasteiger charge is -2.37. The summed E-state index contributed by atoms with van der Waals surface area (Å²) in [5, 5.41) is 15.1. The lowest BCUT2D eigenvalue weighted by molar-refractivity contribution is 0.405. The Bertz CT molecular complexity index is 1410. The number of H-pyrrole nitrogens is 1. The third-order valence-corrected chi connectivity index (χ3v) is 6.13. The topological polar surface area (TPSA) is 107 Å². The van der Waals surface area contributed by atoms with E-state index in [2.05, 4.69) is 39.0 Å². The normalized spacial score (nSPS) is 18.7. The number of aromatic amines is 1. The minimum Gasteiger partial charge on any atom is -0.494 e. The Labute approximate surface area is 197 Å². The van der Waals surface area contributed by atoms with E-state index >= 15 is 0 Å². The highest BCUT2D eigenvalue weighted by Gasteiger charge is 2.23. The molecule has 0 saturated carbocycles. The average Bonchev–Trinajstić information content (AvgIpc) is 3.33. The molecule has 1 saturated heterocycles. The SMILES string of the molecule is Cc1cc(N=Cc2c(O)[nH]c(=O)c3ccc(-c4ccoc4)cc23)cnc1N1C[C@@H](C)N[C@@H](C)C1. The van der Waals surface area contributed by atoms with Gasteiger partial charge in [0.2, 0.25) is 5.88 Å². The summed E-state index contributed by atoms with van der Waals surface area (Å²) in [5.74, 6) is 0.733. The maximum absolute atomic E-state index is 12.4. The van der Waals surface area contributed by atoms with Crippen molar-refractivity contribution in [2.24, 2.45) is 4.99 Å². The van der Waals surface area contributed by atoms with Gasteiger partial charge in [0.15, 0.2) is 0 Å². The number of benzene rings is 1. The fourth-order valence-electron chi connectivity index (χ4n) is 4.67. The first-order valence-corrected chi connectivity index (χ1v) is 11.3. The highest BCUT2D eigenvalue weighted by Crippen LogP contribution is 2.29. The van der Waals surface area contributed by atoms with E-state index in [0.29, 0.717) is 34.1 Å². The van der Waals surface area contributed by atoms with E-state index in [4.69, 9.17) is 4.42 Å². The molecule has 0 aliphatic carbocycles. The van der Waals surface area contributed by atoms with Crippen LogP contribution in [0.5, 0.6) is 5.88 Å². The van der Waals surface area contributed by atoms with Crippen LogP contribution in [0.2, 0.25) is 0 Å². The molecule has 0 amide bonds. The molecule has 0 bridgehead atoms. The van der Waals surface area contributed by atoms with Gasteiger partial charge in [-0.25, -0.2) is 4.98 Å². The number of hydrogen-bond donors (Lipinski definition) is 3. The van der Waals surface area contributed by atoms with Gasteiger partial charge in [-0.15, -0.1) is 0 Å². The van der Waals surface area contributed by atoms with Gasteiger partial charge < -0.3 is 19.7 Å². The van der Waals surface area contributed by atoms with E-state index < -0.39 is 0 Å². The van der Waals surface area contributed by atoms with E-state index in [1.165, 1.54) is 0 Å². The summed E-state index contributed by atoms with van der Waals surface area (Å²) in [6, 6.07) is 10.1. The maximum atomic E-state index is 12.4. The van der Waals surface area contributed by atoms with Crippen molar-refractivity contribution in [2.75, 3.05) is 18.0 Å². The molecule has 8 heteroatoms. The van der Waals surface area contributed by atoms with Crippen molar-refractivity contribution in [1.82, 2.24) is 15.3 Å². The van der Waals surface area contributed by atoms with Crippen LogP contribution in [0.15, 0.2) is 63.3 Å². The van der Waals surface area contributed by atoms with E-state index in [0.717, 1.165) is 35.6 Å². The molecule has 0 radical (unpaired) electrons. The van der Waals surface area contributed by atoms with Crippen molar-refractivity contribution in [1.29, 1.82) is 0 Å². The molecule has 3 aromatic heterocycles. The van der Waals surface area contributed by atoms with E-state index in [1.807, 2.05) is 31.2 Å². The van der Waals surface area contributed by atoms with Gasteiger partial charge >= 0.3 is 0 Å². The maximum Gasteiger partial charge on any atom is 0.258 e. The molecule has 2 atom stereocenters. The van der Waals surface area contributed by atoms with Crippen molar-refractivity contribution in [2.45, 2.75) is 32.9 Å². The van der Waals surface area contributed by atoms with Crippen molar-refractivity contribution in [3.05, 3.63) is 70.5 Å². The quantitative estimate of drug-likeness (QED) is 0.398. The number of aliphatic imine (C=N–C) groups is 1. The Morgan fingerprint density at radius 2 is 1.94 bits per heavy atom. The second kappa shape index (κ2) is 8.79. The van der Waals surface area contributed by atoms with Crippen LogP contribution >= 0.6 is 0 Å². The lowest BCUT2D eigenvalue weighted by atomic mass is 10.0. The third kappa shape index (κ3) is 4.20. The number of aryl methyl sites for hydroxylation is 1. The molecule has 174 valence electrons. The largest absolute Gasteiger partial charge is 0.494 e. The predicted octanol–water partition coefficient (Wildman–Crippen LogP) is 4.13. The number of fused-ring (bicyclic) bond motifs is 1. The highest BCUT2D eigenvalue weighted by atomic mass is 16.3. The number of aromatic nitrogens is 2. The number of hydrogen-bond acceptors (Lipinski definition) is 7. The summed E-state index contributed by atoms with van der Waals surface area (Å²) in [6.45, 7) is 8.18. The fourth-order valence-corrected chi connectivity index (χ4v) is 4.67. The minimum absolute atomic E-state index is 0.226. The zero-order valence-electron chi connectivity index (χ0n) is 19.4. The van der Waals surface area contributed by atoms with Crippen LogP contribution in [-0.2, 0) is 0 Å². The summed E-state index contributed by atoms with van der Waals surface area (Å²) in [5.41, 5.74) is 3.55. The van der Waals surface area contributed by atoms with Gasteiger partial charge in [0.1, 0.15) is 5.82 Å². The van der Waals surface area contributed by atoms with Crippen LogP contribution in [0.1, 0.15) is 25.0 Å². The molecule has 0 spiro atoms. The molecule has 1 aromatic carbocycles. The Kier molecular flexibility index (Phi) is 5.67. The van der Waals surface area contributed by atoms with Crippen LogP contribution in [0.25, 0.3) is 21.9 Å². The van der Waals surface area contributed by atoms with E-state index in [-0.39, 0.29) is 11.4 Å². The predicted molar refractivity (Wildman–Crippen MR) is 134 cm³/mol. The third-order valence-electron chi connectivity index (χ3n) is 6.13. The van der Waals surface area contributed by atoms with Gasteiger partial charge in [-0.3, -0.25) is 14.8 Å². The summed E-state index contributed by atoms with van der Waals surface area (Å²) in [6.07, 6.45) is 6.53. The molecule has 1 aliphatic rings. The van der Waals surface area contributed by atoms with Gasteiger partial charge in [0.25, 0.3) is 5.56 Å². The minimum atomic E-state index is -0.357. The molecule has 4 heterocycles. The molecule has 1 fully saturated rings. The number of anilines is 1. The molecule has 0 unspecified atom stereocenters. The Balaban J connectivity index is 1.50. The Hall–Kier alpha value is -3.91. The second-order valence-corrected chi connectivity index (χ2v) is 8.95. The monoisotopic (exact) mass is 457 g/mol. The first-order chi connectivity index (χ1) is 16.4. The molecular weight excluding hydrogens is 430 g/mol. The number of furan rings is 1. The van der Waals surface area contributed by atoms with Crippen LogP contribution in [-0.4, -0.2) is 46.5 Å². The molecule has 4 aromatic rings. The summed E-state index contributed by atoms with van der Waals surface area (Å²) in [4.78, 5) is 26.5. The summed E-state index contributed by atoms with van der Waals surface area (Å²) >= 11 is 0. The number of pyridine rings is 2. The van der Waals surface area contributed by atoms with Crippen molar-refractivity contribution >= 4 is 28.5 Å². The number of aromatic hydroxyl groups is 1. The van der Waals surface area contributed by atoms with Gasteiger partial charge in [-0.05, 0) is 56.2 Å². The van der Waals surface area contributed by atoms with Gasteiger partial charge in [-0.1, -0.05) is 6.07 Å². The summed E-state index contributed by atoms with van der Waals surface area (Å²) in [7, 11) is 0. The zero-order valence-corrected chi connectivity index (χ0v) is 19.4. The Morgan fingerprint density at radius 1 is 1.15 bits per heavy atom.